The molecule has 0 radical (unpaired) electrons. The molecule has 4 nitrogen and oxygen atoms in total. The zero-order valence-electron chi connectivity index (χ0n) is 14.8. The molecule has 1 saturated heterocycles. The zero-order chi connectivity index (χ0) is 16.5. The molecule has 1 aliphatic rings. The van der Waals surface area contributed by atoms with Crippen LogP contribution in [0.25, 0.3) is 0 Å². The van der Waals surface area contributed by atoms with Gasteiger partial charge in [-0.3, -0.25) is 9.69 Å². The second-order valence-corrected chi connectivity index (χ2v) is 8.30. The van der Waals surface area contributed by atoms with Gasteiger partial charge in [-0.25, -0.2) is 0 Å². The monoisotopic (exact) mass is 299 g/mol. The molecule has 0 saturated carbocycles. The topological polar surface area (TPSA) is 49.8 Å². The minimum absolute atomic E-state index is 0.0626. The summed E-state index contributed by atoms with van der Waals surface area (Å²) in [5.74, 6) is -0.738. The van der Waals surface area contributed by atoms with E-state index >= 15 is 0 Å². The summed E-state index contributed by atoms with van der Waals surface area (Å²) in [6, 6.07) is 0. The SMILES string of the molecule is CCCOC1CC(C)(C)N(CC(C)(C)C(=O)O)C(C)(C)C1. The summed E-state index contributed by atoms with van der Waals surface area (Å²) in [5.41, 5.74) is -0.870. The van der Waals surface area contributed by atoms with Gasteiger partial charge in [0.15, 0.2) is 0 Å². The molecule has 1 heterocycles. The Morgan fingerprint density at radius 3 is 2.10 bits per heavy atom. The molecule has 0 atom stereocenters. The van der Waals surface area contributed by atoms with E-state index in [4.69, 9.17) is 4.74 Å². The Balaban J connectivity index is 2.92. The van der Waals surface area contributed by atoms with Crippen LogP contribution in [-0.2, 0) is 9.53 Å². The highest BCUT2D eigenvalue weighted by Gasteiger charge is 2.48. The van der Waals surface area contributed by atoms with Crippen molar-refractivity contribution in [3.05, 3.63) is 0 Å². The van der Waals surface area contributed by atoms with E-state index in [9.17, 15) is 9.90 Å². The number of rotatable bonds is 6. The quantitative estimate of drug-likeness (QED) is 0.815. The summed E-state index contributed by atoms with van der Waals surface area (Å²) in [7, 11) is 0. The number of carbonyl (C=O) groups is 1. The van der Waals surface area contributed by atoms with Crippen LogP contribution in [0.2, 0.25) is 0 Å². The molecule has 0 aromatic carbocycles. The molecular weight excluding hydrogens is 266 g/mol. The van der Waals surface area contributed by atoms with E-state index < -0.39 is 11.4 Å². The van der Waals surface area contributed by atoms with E-state index in [1.807, 2.05) is 0 Å². The predicted molar refractivity (Wildman–Crippen MR) is 85.5 cm³/mol. The maximum Gasteiger partial charge on any atom is 0.310 e. The van der Waals surface area contributed by atoms with Gasteiger partial charge >= 0.3 is 5.97 Å². The first-order valence-corrected chi connectivity index (χ1v) is 8.05. The molecule has 0 spiro atoms. The fourth-order valence-corrected chi connectivity index (χ4v) is 3.52. The van der Waals surface area contributed by atoms with Gasteiger partial charge in [0.1, 0.15) is 0 Å². The predicted octanol–water partition coefficient (Wildman–Crippen LogP) is 3.55. The van der Waals surface area contributed by atoms with E-state index in [0.717, 1.165) is 25.9 Å². The van der Waals surface area contributed by atoms with Gasteiger partial charge in [0.05, 0.1) is 11.5 Å². The minimum Gasteiger partial charge on any atom is -0.481 e. The van der Waals surface area contributed by atoms with Crippen LogP contribution in [-0.4, -0.2) is 46.3 Å². The smallest absolute Gasteiger partial charge is 0.310 e. The molecule has 124 valence electrons. The summed E-state index contributed by atoms with van der Waals surface area (Å²) >= 11 is 0. The van der Waals surface area contributed by atoms with Crippen molar-refractivity contribution in [3.63, 3.8) is 0 Å². The Hall–Kier alpha value is -0.610. The Morgan fingerprint density at radius 2 is 1.71 bits per heavy atom. The Bertz CT molecular complexity index is 356. The van der Waals surface area contributed by atoms with Crippen LogP contribution in [0.4, 0.5) is 0 Å². The Morgan fingerprint density at radius 1 is 1.24 bits per heavy atom. The van der Waals surface area contributed by atoms with Crippen molar-refractivity contribution in [2.24, 2.45) is 5.41 Å². The summed E-state index contributed by atoms with van der Waals surface area (Å²) < 4.78 is 5.99. The molecule has 1 aliphatic heterocycles. The third kappa shape index (κ3) is 4.43. The Labute approximate surface area is 129 Å². The van der Waals surface area contributed by atoms with Gasteiger partial charge in [0.2, 0.25) is 0 Å². The molecular formula is C17H33NO3. The van der Waals surface area contributed by atoms with Crippen molar-refractivity contribution >= 4 is 5.97 Å². The molecule has 0 amide bonds. The van der Waals surface area contributed by atoms with Crippen LogP contribution < -0.4 is 0 Å². The second kappa shape index (κ2) is 6.25. The minimum atomic E-state index is -0.744. The van der Waals surface area contributed by atoms with E-state index in [2.05, 4.69) is 39.5 Å². The lowest BCUT2D eigenvalue weighted by atomic mass is 9.76. The highest BCUT2D eigenvalue weighted by Crippen LogP contribution is 2.41. The lowest BCUT2D eigenvalue weighted by molar-refractivity contribution is -0.155. The highest BCUT2D eigenvalue weighted by atomic mass is 16.5. The van der Waals surface area contributed by atoms with Crippen molar-refractivity contribution in [2.45, 2.75) is 84.9 Å². The Kier molecular flexibility index (Phi) is 5.49. The maximum atomic E-state index is 11.5. The fourth-order valence-electron chi connectivity index (χ4n) is 3.52. The van der Waals surface area contributed by atoms with Gasteiger partial charge < -0.3 is 9.84 Å². The van der Waals surface area contributed by atoms with Crippen LogP contribution in [0.15, 0.2) is 0 Å². The third-order valence-electron chi connectivity index (χ3n) is 4.61. The number of aliphatic carboxylic acids is 1. The van der Waals surface area contributed by atoms with Gasteiger partial charge in [-0.1, -0.05) is 6.92 Å². The molecule has 0 bridgehead atoms. The fraction of sp³-hybridized carbons (Fsp3) is 0.941. The van der Waals surface area contributed by atoms with Gasteiger partial charge in [0, 0.05) is 24.2 Å². The number of piperidine rings is 1. The lowest BCUT2D eigenvalue weighted by Gasteiger charge is -2.56. The number of ether oxygens (including phenoxy) is 1. The first kappa shape index (κ1) is 18.4. The van der Waals surface area contributed by atoms with Crippen LogP contribution in [0.3, 0.4) is 0 Å². The van der Waals surface area contributed by atoms with E-state index in [0.29, 0.717) is 6.54 Å². The number of likely N-dealkylation sites (tertiary alicyclic amines) is 1. The molecule has 1 N–H and O–H groups in total. The van der Waals surface area contributed by atoms with Crippen LogP contribution in [0.1, 0.15) is 67.7 Å². The van der Waals surface area contributed by atoms with Crippen molar-refractivity contribution in [3.8, 4) is 0 Å². The van der Waals surface area contributed by atoms with Gasteiger partial charge in [-0.15, -0.1) is 0 Å². The average molecular weight is 299 g/mol. The summed E-state index contributed by atoms with van der Waals surface area (Å²) in [5, 5.41) is 9.43. The average Bonchev–Trinajstić information content (AvgIpc) is 2.30. The molecule has 0 aliphatic carbocycles. The van der Waals surface area contributed by atoms with Gasteiger partial charge in [-0.05, 0) is 60.8 Å². The van der Waals surface area contributed by atoms with Crippen LogP contribution >= 0.6 is 0 Å². The number of hydrogen-bond acceptors (Lipinski definition) is 3. The molecule has 0 aromatic heterocycles. The second-order valence-electron chi connectivity index (χ2n) is 8.30. The number of carboxylic acids is 1. The molecule has 0 aromatic rings. The number of hydrogen-bond donors (Lipinski definition) is 1. The largest absolute Gasteiger partial charge is 0.481 e. The maximum absolute atomic E-state index is 11.5. The van der Waals surface area contributed by atoms with Gasteiger partial charge in [-0.2, -0.15) is 0 Å². The van der Waals surface area contributed by atoms with Crippen molar-refractivity contribution < 1.29 is 14.6 Å². The first-order chi connectivity index (χ1) is 9.42. The number of carboxylic acid groups (broad SMARTS) is 1. The molecule has 21 heavy (non-hydrogen) atoms. The lowest BCUT2D eigenvalue weighted by Crippen LogP contribution is -2.64. The van der Waals surface area contributed by atoms with Crippen molar-refractivity contribution in [2.75, 3.05) is 13.2 Å². The van der Waals surface area contributed by atoms with Crippen molar-refractivity contribution in [1.29, 1.82) is 0 Å². The highest BCUT2D eigenvalue weighted by molar-refractivity contribution is 5.73. The number of nitrogens with zero attached hydrogens (tertiary/aromatic N) is 1. The van der Waals surface area contributed by atoms with E-state index in [1.165, 1.54) is 0 Å². The summed E-state index contributed by atoms with van der Waals surface area (Å²) in [4.78, 5) is 13.8. The van der Waals surface area contributed by atoms with Crippen molar-refractivity contribution in [1.82, 2.24) is 4.90 Å². The van der Waals surface area contributed by atoms with Gasteiger partial charge in [0.25, 0.3) is 0 Å². The summed E-state index contributed by atoms with van der Waals surface area (Å²) in [6.45, 7) is 15.9. The standard InChI is InChI=1S/C17H33NO3/c1-8-9-21-13-10-16(4,5)18(17(6,7)11-13)12-15(2,3)14(19)20/h13H,8-12H2,1-7H3,(H,19,20). The van der Waals surface area contributed by atoms with Crippen LogP contribution in [0, 0.1) is 5.41 Å². The first-order valence-electron chi connectivity index (χ1n) is 8.05. The van der Waals surface area contributed by atoms with E-state index in [1.54, 1.807) is 13.8 Å². The van der Waals surface area contributed by atoms with E-state index in [-0.39, 0.29) is 17.2 Å². The van der Waals surface area contributed by atoms with Crippen LogP contribution in [0.5, 0.6) is 0 Å². The molecule has 4 heteroatoms. The molecule has 1 fully saturated rings. The molecule has 1 rings (SSSR count). The third-order valence-corrected chi connectivity index (χ3v) is 4.61. The molecule has 0 unspecified atom stereocenters. The zero-order valence-corrected chi connectivity index (χ0v) is 14.8. The normalized spacial score (nSPS) is 23.2. The summed E-state index contributed by atoms with van der Waals surface area (Å²) in [6.07, 6.45) is 3.20.